The van der Waals surface area contributed by atoms with E-state index in [2.05, 4.69) is 5.32 Å². The van der Waals surface area contributed by atoms with Crippen LogP contribution in [-0.4, -0.2) is 37.4 Å². The maximum atomic E-state index is 12.1. The van der Waals surface area contributed by atoms with Crippen molar-refractivity contribution in [2.24, 2.45) is 0 Å². The summed E-state index contributed by atoms with van der Waals surface area (Å²) in [6.45, 7) is 3.40. The largest absolute Gasteiger partial charge is 0.354 e. The average Bonchev–Trinajstić information content (AvgIpc) is 2.39. The zero-order valence-corrected chi connectivity index (χ0v) is 11.9. The summed E-state index contributed by atoms with van der Waals surface area (Å²) in [6, 6.07) is 3.75. The van der Waals surface area contributed by atoms with Gasteiger partial charge in [-0.05, 0) is 25.5 Å². The number of rotatable bonds is 6. The lowest BCUT2D eigenvalue weighted by atomic mass is 10.1. The maximum absolute atomic E-state index is 12.1. The number of amides is 1. The van der Waals surface area contributed by atoms with E-state index in [9.17, 15) is 14.9 Å². The molecule has 1 unspecified atom stereocenters. The third-order valence-corrected chi connectivity index (χ3v) is 2.90. The SMILES string of the molecule is COC(OC)C(C)NC(=O)c1ccc([N+](=O)[O-])cc1C. The van der Waals surface area contributed by atoms with E-state index in [1.807, 2.05) is 0 Å². The van der Waals surface area contributed by atoms with Gasteiger partial charge in [0.05, 0.1) is 11.0 Å². The molecule has 1 amide bonds. The summed E-state index contributed by atoms with van der Waals surface area (Å²) in [5, 5.41) is 13.4. The van der Waals surface area contributed by atoms with Crippen LogP contribution in [0.2, 0.25) is 0 Å². The van der Waals surface area contributed by atoms with Crippen molar-refractivity contribution in [1.29, 1.82) is 0 Å². The van der Waals surface area contributed by atoms with E-state index in [4.69, 9.17) is 9.47 Å². The molecule has 0 spiro atoms. The molecule has 0 aliphatic heterocycles. The van der Waals surface area contributed by atoms with Gasteiger partial charge in [-0.3, -0.25) is 14.9 Å². The standard InChI is InChI=1S/C13H18N2O5/c1-8-7-10(15(17)18)5-6-11(8)12(16)14-9(2)13(19-3)20-4/h5-7,9,13H,1-4H3,(H,14,16). The Kier molecular flexibility index (Phi) is 5.60. The van der Waals surface area contributed by atoms with Gasteiger partial charge in [0.25, 0.3) is 11.6 Å². The molecular formula is C13H18N2O5. The molecule has 0 bridgehead atoms. The number of nitro groups is 1. The van der Waals surface area contributed by atoms with E-state index in [0.29, 0.717) is 11.1 Å². The third kappa shape index (κ3) is 3.75. The number of nitro benzene ring substituents is 1. The van der Waals surface area contributed by atoms with E-state index in [0.717, 1.165) is 0 Å². The lowest BCUT2D eigenvalue weighted by Gasteiger charge is -2.22. The highest BCUT2D eigenvalue weighted by molar-refractivity contribution is 5.96. The van der Waals surface area contributed by atoms with E-state index in [1.54, 1.807) is 13.8 Å². The number of carbonyl (C=O) groups is 1. The van der Waals surface area contributed by atoms with Gasteiger partial charge in [-0.15, -0.1) is 0 Å². The van der Waals surface area contributed by atoms with E-state index in [1.165, 1.54) is 32.4 Å². The van der Waals surface area contributed by atoms with Gasteiger partial charge in [0.1, 0.15) is 0 Å². The second-order valence-corrected chi connectivity index (χ2v) is 4.36. The molecule has 0 aromatic heterocycles. The molecule has 0 heterocycles. The molecule has 1 atom stereocenters. The van der Waals surface area contributed by atoms with Crippen LogP contribution in [0.5, 0.6) is 0 Å². The predicted molar refractivity (Wildman–Crippen MR) is 72.6 cm³/mol. The minimum absolute atomic E-state index is 0.0428. The summed E-state index contributed by atoms with van der Waals surface area (Å²) < 4.78 is 10.1. The predicted octanol–water partition coefficient (Wildman–Crippen LogP) is 1.64. The molecule has 7 heteroatoms. The molecule has 0 fully saturated rings. The molecule has 7 nitrogen and oxygen atoms in total. The molecular weight excluding hydrogens is 264 g/mol. The van der Waals surface area contributed by atoms with Gasteiger partial charge in [-0.2, -0.15) is 0 Å². The molecule has 0 radical (unpaired) electrons. The zero-order chi connectivity index (χ0) is 15.3. The average molecular weight is 282 g/mol. The van der Waals surface area contributed by atoms with Crippen molar-refractivity contribution in [2.45, 2.75) is 26.2 Å². The van der Waals surface area contributed by atoms with Crippen molar-refractivity contribution in [3.63, 3.8) is 0 Å². The fourth-order valence-electron chi connectivity index (χ4n) is 1.87. The Morgan fingerprint density at radius 2 is 1.95 bits per heavy atom. The van der Waals surface area contributed by atoms with Crippen LogP contribution in [0.4, 0.5) is 5.69 Å². The van der Waals surface area contributed by atoms with Gasteiger partial charge in [-0.1, -0.05) is 0 Å². The van der Waals surface area contributed by atoms with Gasteiger partial charge in [0.2, 0.25) is 0 Å². The summed E-state index contributed by atoms with van der Waals surface area (Å²) in [5.74, 6) is -0.330. The quantitative estimate of drug-likeness (QED) is 0.486. The number of non-ortho nitro benzene ring substituents is 1. The number of aryl methyl sites for hydroxylation is 1. The minimum atomic E-state index is -0.558. The lowest BCUT2D eigenvalue weighted by Crippen LogP contribution is -2.43. The van der Waals surface area contributed by atoms with E-state index in [-0.39, 0.29) is 17.6 Å². The number of nitrogens with one attached hydrogen (secondary N) is 1. The topological polar surface area (TPSA) is 90.7 Å². The van der Waals surface area contributed by atoms with Crippen molar-refractivity contribution in [3.8, 4) is 0 Å². The number of ether oxygens (including phenoxy) is 2. The van der Waals surface area contributed by atoms with E-state index >= 15 is 0 Å². The van der Waals surface area contributed by atoms with Crippen LogP contribution in [-0.2, 0) is 9.47 Å². The summed E-state index contributed by atoms with van der Waals surface area (Å²) in [6.07, 6.45) is -0.558. The molecule has 1 N–H and O–H groups in total. The Labute approximate surface area is 117 Å². The Morgan fingerprint density at radius 3 is 2.40 bits per heavy atom. The number of hydrogen-bond donors (Lipinski definition) is 1. The Bertz CT molecular complexity index is 500. The third-order valence-electron chi connectivity index (χ3n) is 2.90. The highest BCUT2D eigenvalue weighted by atomic mass is 16.7. The molecule has 0 saturated carbocycles. The maximum Gasteiger partial charge on any atom is 0.269 e. The van der Waals surface area contributed by atoms with Crippen LogP contribution in [0.1, 0.15) is 22.8 Å². The Balaban J connectivity index is 2.85. The number of nitrogens with zero attached hydrogens (tertiary/aromatic N) is 1. The van der Waals surface area contributed by atoms with Crippen LogP contribution >= 0.6 is 0 Å². The molecule has 20 heavy (non-hydrogen) atoms. The summed E-state index contributed by atoms with van der Waals surface area (Å²) >= 11 is 0. The molecule has 0 saturated heterocycles. The summed E-state index contributed by atoms with van der Waals surface area (Å²) in [7, 11) is 2.96. The van der Waals surface area contributed by atoms with Crippen molar-refractivity contribution in [3.05, 3.63) is 39.4 Å². The van der Waals surface area contributed by atoms with Gasteiger partial charge in [0.15, 0.2) is 6.29 Å². The van der Waals surface area contributed by atoms with Crippen molar-refractivity contribution in [1.82, 2.24) is 5.32 Å². The Hall–Kier alpha value is -1.99. The lowest BCUT2D eigenvalue weighted by molar-refractivity contribution is -0.384. The molecule has 1 aromatic carbocycles. The number of carbonyl (C=O) groups excluding carboxylic acids is 1. The number of methoxy groups -OCH3 is 2. The van der Waals surface area contributed by atoms with Crippen molar-refractivity contribution >= 4 is 11.6 Å². The summed E-state index contributed by atoms with van der Waals surface area (Å²) in [5.41, 5.74) is 0.877. The fourth-order valence-corrected chi connectivity index (χ4v) is 1.87. The van der Waals surface area contributed by atoms with Crippen LogP contribution in [0.3, 0.4) is 0 Å². The first kappa shape index (κ1) is 16.1. The first-order chi connectivity index (χ1) is 9.40. The fraction of sp³-hybridized carbons (Fsp3) is 0.462. The first-order valence-electron chi connectivity index (χ1n) is 6.02. The zero-order valence-electron chi connectivity index (χ0n) is 11.9. The number of hydrogen-bond acceptors (Lipinski definition) is 5. The summed E-state index contributed by atoms with van der Waals surface area (Å²) in [4.78, 5) is 22.3. The van der Waals surface area contributed by atoms with Crippen LogP contribution < -0.4 is 5.32 Å². The van der Waals surface area contributed by atoms with Gasteiger partial charge >= 0.3 is 0 Å². The Morgan fingerprint density at radius 1 is 1.35 bits per heavy atom. The number of benzene rings is 1. The second kappa shape index (κ2) is 6.97. The normalized spacial score (nSPS) is 12.2. The minimum Gasteiger partial charge on any atom is -0.354 e. The first-order valence-corrected chi connectivity index (χ1v) is 6.02. The van der Waals surface area contributed by atoms with Gasteiger partial charge in [-0.25, -0.2) is 0 Å². The molecule has 1 aromatic rings. The van der Waals surface area contributed by atoms with E-state index < -0.39 is 11.2 Å². The van der Waals surface area contributed by atoms with Gasteiger partial charge in [0, 0.05) is 31.9 Å². The molecule has 1 rings (SSSR count). The molecule has 0 aliphatic rings. The van der Waals surface area contributed by atoms with Crippen molar-refractivity contribution < 1.29 is 19.2 Å². The monoisotopic (exact) mass is 282 g/mol. The van der Waals surface area contributed by atoms with Crippen LogP contribution in [0.15, 0.2) is 18.2 Å². The van der Waals surface area contributed by atoms with Crippen LogP contribution in [0, 0.1) is 17.0 Å². The highest BCUT2D eigenvalue weighted by Gasteiger charge is 2.20. The molecule has 0 aliphatic carbocycles. The molecule has 110 valence electrons. The smallest absolute Gasteiger partial charge is 0.269 e. The second-order valence-electron chi connectivity index (χ2n) is 4.36. The van der Waals surface area contributed by atoms with Crippen LogP contribution in [0.25, 0.3) is 0 Å². The highest BCUT2D eigenvalue weighted by Crippen LogP contribution is 2.17. The van der Waals surface area contributed by atoms with Gasteiger partial charge < -0.3 is 14.8 Å². The van der Waals surface area contributed by atoms with Crippen molar-refractivity contribution in [2.75, 3.05) is 14.2 Å².